The number of hydrogen-bond donors (Lipinski definition) is 5. The second kappa shape index (κ2) is 31.8. The zero-order chi connectivity index (χ0) is 36.6. The van der Waals surface area contributed by atoms with Crippen LogP contribution in [0.25, 0.3) is 0 Å². The van der Waals surface area contributed by atoms with E-state index in [1.165, 1.54) is 51.0 Å². The molecule has 0 spiro atoms. The van der Waals surface area contributed by atoms with Gasteiger partial charge in [0, 0.05) is 12.8 Å². The van der Waals surface area contributed by atoms with Crippen LogP contribution < -0.4 is 0 Å². The molecule has 0 radical (unpaired) electrons. The quantitative estimate of drug-likeness (QED) is 0.0204. The summed E-state index contributed by atoms with van der Waals surface area (Å²) in [6.07, 6.45) is 26.4. The molecule has 4 atom stereocenters. The number of ether oxygens (including phenoxy) is 2. The van der Waals surface area contributed by atoms with Crippen LogP contribution in [-0.4, -0.2) is 74.7 Å². The van der Waals surface area contributed by atoms with Crippen LogP contribution in [0.3, 0.4) is 0 Å². The first-order valence-corrected chi connectivity index (χ1v) is 19.8. The van der Waals surface area contributed by atoms with E-state index in [1.807, 2.05) is 0 Å². The highest BCUT2D eigenvalue weighted by Gasteiger charge is 2.23. The van der Waals surface area contributed by atoms with Crippen LogP contribution in [0.15, 0.2) is 48.6 Å². The number of aliphatic hydroxyl groups is 3. The van der Waals surface area contributed by atoms with Crippen molar-refractivity contribution < 1.29 is 53.3 Å². The van der Waals surface area contributed by atoms with Gasteiger partial charge in [0.2, 0.25) is 0 Å². The third kappa shape index (κ3) is 32.8. The lowest BCUT2D eigenvalue weighted by molar-refractivity contribution is -0.161. The summed E-state index contributed by atoms with van der Waals surface area (Å²) >= 11 is 0. The highest BCUT2D eigenvalue weighted by molar-refractivity contribution is 7.46. The number of esters is 2. The number of phosphoric ester groups is 1. The Balaban J connectivity index is 4.39. The molecule has 12 heteroatoms. The van der Waals surface area contributed by atoms with Gasteiger partial charge in [0.15, 0.2) is 6.10 Å². The molecule has 5 N–H and O–H groups in total. The van der Waals surface area contributed by atoms with Crippen LogP contribution in [0.5, 0.6) is 0 Å². The Kier molecular flexibility index (Phi) is 30.5. The van der Waals surface area contributed by atoms with Gasteiger partial charge in [0.25, 0.3) is 0 Å². The SMILES string of the molecule is CCCCCCCCCCCCCC(=O)OC[C@H](COP(=O)(O)O)OC(=O)CCC[C@H](O)[C@@H](O)/C=C/C=C/C=C\C=C\[C@@H](O)CCCCC. The van der Waals surface area contributed by atoms with Crippen molar-refractivity contribution in [3.8, 4) is 0 Å². The number of rotatable bonds is 32. The minimum Gasteiger partial charge on any atom is -0.462 e. The molecule has 0 fully saturated rings. The smallest absolute Gasteiger partial charge is 0.462 e. The number of allylic oxidation sites excluding steroid dienone is 6. The topological polar surface area (TPSA) is 180 Å². The second-order valence-electron chi connectivity index (χ2n) is 12.4. The molecule has 0 heterocycles. The minimum absolute atomic E-state index is 0.0905. The average Bonchev–Trinajstić information content (AvgIpc) is 3.05. The molecular weight excluding hydrogens is 651 g/mol. The van der Waals surface area contributed by atoms with Crippen molar-refractivity contribution in [1.82, 2.24) is 0 Å². The van der Waals surface area contributed by atoms with Gasteiger partial charge in [-0.25, -0.2) is 4.57 Å². The van der Waals surface area contributed by atoms with E-state index in [0.29, 0.717) is 6.42 Å². The van der Waals surface area contributed by atoms with Crippen molar-refractivity contribution in [2.24, 2.45) is 0 Å². The summed E-state index contributed by atoms with van der Waals surface area (Å²) in [5, 5.41) is 30.2. The Hall–Kier alpha value is -2.11. The Morgan fingerprint density at radius 2 is 1.12 bits per heavy atom. The second-order valence-corrected chi connectivity index (χ2v) is 13.7. The summed E-state index contributed by atoms with van der Waals surface area (Å²) in [5.41, 5.74) is 0. The zero-order valence-electron chi connectivity index (χ0n) is 29.9. The van der Waals surface area contributed by atoms with Gasteiger partial charge in [-0.15, -0.1) is 0 Å². The lowest BCUT2D eigenvalue weighted by Gasteiger charge is -2.19. The normalized spacial score (nSPS) is 15.0. The number of aliphatic hydroxyl groups excluding tert-OH is 3. The van der Waals surface area contributed by atoms with Crippen LogP contribution in [0.2, 0.25) is 0 Å². The minimum atomic E-state index is -4.84. The summed E-state index contributed by atoms with van der Waals surface area (Å²) < 4.78 is 26.0. The third-order valence-corrected chi connectivity index (χ3v) is 8.20. The molecule has 49 heavy (non-hydrogen) atoms. The molecule has 0 aromatic carbocycles. The van der Waals surface area contributed by atoms with E-state index in [9.17, 15) is 29.5 Å². The molecule has 0 amide bonds. The first-order chi connectivity index (χ1) is 23.5. The van der Waals surface area contributed by atoms with Gasteiger partial charge >= 0.3 is 19.8 Å². The highest BCUT2D eigenvalue weighted by Crippen LogP contribution is 2.36. The Morgan fingerprint density at radius 1 is 0.612 bits per heavy atom. The Labute approximate surface area is 294 Å². The van der Waals surface area contributed by atoms with Gasteiger partial charge in [-0.05, 0) is 25.7 Å². The monoisotopic (exact) mass is 716 g/mol. The van der Waals surface area contributed by atoms with E-state index < -0.39 is 57.4 Å². The van der Waals surface area contributed by atoms with Gasteiger partial charge in [-0.2, -0.15) is 0 Å². The molecule has 0 aliphatic rings. The van der Waals surface area contributed by atoms with Crippen LogP contribution in [0.4, 0.5) is 0 Å². The first-order valence-electron chi connectivity index (χ1n) is 18.3. The van der Waals surface area contributed by atoms with E-state index in [-0.39, 0.29) is 25.7 Å². The molecule has 0 saturated carbocycles. The molecule has 284 valence electrons. The predicted molar refractivity (Wildman–Crippen MR) is 192 cm³/mol. The summed E-state index contributed by atoms with van der Waals surface area (Å²) in [5.74, 6) is -1.22. The predicted octanol–water partition coefficient (Wildman–Crippen LogP) is 7.31. The maximum Gasteiger partial charge on any atom is 0.469 e. The lowest BCUT2D eigenvalue weighted by Crippen LogP contribution is -2.29. The van der Waals surface area contributed by atoms with Crippen molar-refractivity contribution in [3.05, 3.63) is 48.6 Å². The van der Waals surface area contributed by atoms with E-state index in [1.54, 1.807) is 42.5 Å². The van der Waals surface area contributed by atoms with Crippen LogP contribution in [0, 0.1) is 0 Å². The lowest BCUT2D eigenvalue weighted by atomic mass is 10.1. The van der Waals surface area contributed by atoms with Gasteiger partial charge in [-0.1, -0.05) is 146 Å². The molecule has 0 rings (SSSR count). The van der Waals surface area contributed by atoms with Crippen molar-refractivity contribution in [1.29, 1.82) is 0 Å². The van der Waals surface area contributed by atoms with Crippen molar-refractivity contribution in [3.63, 3.8) is 0 Å². The summed E-state index contributed by atoms with van der Waals surface area (Å²) in [6, 6.07) is 0. The Morgan fingerprint density at radius 3 is 1.71 bits per heavy atom. The Bertz CT molecular complexity index is 989. The fourth-order valence-corrected chi connectivity index (χ4v) is 5.17. The van der Waals surface area contributed by atoms with Crippen molar-refractivity contribution >= 4 is 19.8 Å². The van der Waals surface area contributed by atoms with Gasteiger partial charge < -0.3 is 34.6 Å². The maximum atomic E-state index is 12.4. The average molecular weight is 717 g/mol. The van der Waals surface area contributed by atoms with Gasteiger partial charge in [-0.3, -0.25) is 14.1 Å². The summed E-state index contributed by atoms with van der Waals surface area (Å²) in [7, 11) is -4.84. The number of carbonyl (C=O) groups excluding carboxylic acids is 2. The molecule has 0 aromatic heterocycles. The van der Waals surface area contributed by atoms with E-state index in [4.69, 9.17) is 19.3 Å². The van der Waals surface area contributed by atoms with Crippen LogP contribution >= 0.6 is 7.82 Å². The fraction of sp³-hybridized carbons (Fsp3) is 0.730. The van der Waals surface area contributed by atoms with Crippen molar-refractivity contribution in [2.45, 2.75) is 160 Å². The highest BCUT2D eigenvalue weighted by atomic mass is 31.2. The molecule has 0 saturated heterocycles. The first kappa shape index (κ1) is 46.9. The largest absolute Gasteiger partial charge is 0.469 e. The van der Waals surface area contributed by atoms with E-state index in [2.05, 4.69) is 18.4 Å². The molecule has 0 bridgehead atoms. The van der Waals surface area contributed by atoms with Gasteiger partial charge in [0.1, 0.15) is 6.61 Å². The number of hydrogen-bond acceptors (Lipinski definition) is 9. The number of carbonyl (C=O) groups is 2. The van der Waals surface area contributed by atoms with Crippen LogP contribution in [-0.2, 0) is 28.2 Å². The molecule has 0 unspecified atom stereocenters. The number of phosphoric acid groups is 1. The van der Waals surface area contributed by atoms with Crippen LogP contribution in [0.1, 0.15) is 136 Å². The summed E-state index contributed by atoms with van der Waals surface area (Å²) in [4.78, 5) is 42.6. The maximum absolute atomic E-state index is 12.4. The molecule has 0 aliphatic carbocycles. The van der Waals surface area contributed by atoms with E-state index in [0.717, 1.165) is 44.9 Å². The summed E-state index contributed by atoms with van der Waals surface area (Å²) in [6.45, 7) is 3.26. The molecule has 0 aliphatic heterocycles. The number of unbranched alkanes of at least 4 members (excludes halogenated alkanes) is 12. The molecule has 11 nitrogen and oxygen atoms in total. The fourth-order valence-electron chi connectivity index (χ4n) is 4.81. The van der Waals surface area contributed by atoms with Crippen molar-refractivity contribution in [2.75, 3.05) is 13.2 Å². The molecule has 0 aromatic rings. The molecular formula is C37H65O11P. The standard InChI is InChI=1S/C37H65O11P/c1-3-5-7-8-9-10-11-12-13-18-22-28-36(41)46-30-33(31-47-49(43,44)45)48-37(42)29-23-27-35(40)34(39)26-21-17-15-14-16-20-25-32(38)24-19-6-4-2/h14-17,20-21,25-26,32-35,38-40H,3-13,18-19,22-24,27-31H2,1-2H3,(H2,43,44,45)/b16-14-,17-15+,25-20+,26-21+/t32-,33+,34-,35-/m0/s1. The zero-order valence-corrected chi connectivity index (χ0v) is 30.8. The van der Waals surface area contributed by atoms with Gasteiger partial charge in [0.05, 0.1) is 24.9 Å². The third-order valence-electron chi connectivity index (χ3n) is 7.72. The van der Waals surface area contributed by atoms with E-state index >= 15 is 0 Å².